The third-order valence-electron chi connectivity index (χ3n) is 3.25. The fourth-order valence-electron chi connectivity index (χ4n) is 2.08. The minimum Gasteiger partial charge on any atom is -0.352 e. The summed E-state index contributed by atoms with van der Waals surface area (Å²) in [4.78, 5) is 12.3. The second kappa shape index (κ2) is 6.71. The van der Waals surface area contributed by atoms with Crippen LogP contribution in [-0.2, 0) is 5.41 Å². The van der Waals surface area contributed by atoms with Crippen molar-refractivity contribution in [2.24, 2.45) is 11.7 Å². The highest BCUT2D eigenvalue weighted by Gasteiger charge is 2.21. The summed E-state index contributed by atoms with van der Waals surface area (Å²) < 4.78 is 0. The van der Waals surface area contributed by atoms with Crippen molar-refractivity contribution in [3.05, 3.63) is 35.4 Å². The molecule has 1 atom stereocenters. The molecule has 0 radical (unpaired) electrons. The van der Waals surface area contributed by atoms with Gasteiger partial charge in [-0.25, -0.2) is 0 Å². The van der Waals surface area contributed by atoms with Gasteiger partial charge in [0, 0.05) is 12.1 Å². The predicted octanol–water partition coefficient (Wildman–Crippen LogP) is 2.70. The van der Waals surface area contributed by atoms with Gasteiger partial charge in [0.05, 0.1) is 0 Å². The van der Waals surface area contributed by atoms with Gasteiger partial charge in [0.15, 0.2) is 0 Å². The molecule has 0 heterocycles. The summed E-state index contributed by atoms with van der Waals surface area (Å²) in [6.07, 6.45) is 0.932. The molecule has 0 aliphatic carbocycles. The molecular formula is C16H26N2O. The molecule has 19 heavy (non-hydrogen) atoms. The number of hydrogen-bond acceptors (Lipinski definition) is 2. The van der Waals surface area contributed by atoms with E-state index in [2.05, 4.69) is 33.0 Å². The van der Waals surface area contributed by atoms with Crippen LogP contribution in [0.3, 0.4) is 0 Å². The number of hydrogen-bond donors (Lipinski definition) is 2. The summed E-state index contributed by atoms with van der Waals surface area (Å²) in [7, 11) is 0. The molecule has 1 aromatic rings. The van der Waals surface area contributed by atoms with Gasteiger partial charge in [-0.2, -0.15) is 0 Å². The zero-order chi connectivity index (χ0) is 14.5. The van der Waals surface area contributed by atoms with Crippen LogP contribution in [0.5, 0.6) is 0 Å². The lowest BCUT2D eigenvalue weighted by molar-refractivity contribution is 0.0945. The molecule has 3 N–H and O–H groups in total. The largest absolute Gasteiger partial charge is 0.352 e. The fourth-order valence-corrected chi connectivity index (χ4v) is 2.08. The van der Waals surface area contributed by atoms with Crippen LogP contribution in [0.25, 0.3) is 0 Å². The van der Waals surface area contributed by atoms with E-state index in [4.69, 9.17) is 5.73 Å². The lowest BCUT2D eigenvalue weighted by Crippen LogP contribution is -2.31. The minimum absolute atomic E-state index is 0.00870. The molecule has 0 fully saturated rings. The third kappa shape index (κ3) is 4.67. The van der Waals surface area contributed by atoms with Crippen LogP contribution < -0.4 is 11.1 Å². The van der Waals surface area contributed by atoms with Crippen LogP contribution in [0, 0.1) is 5.92 Å². The van der Waals surface area contributed by atoms with E-state index in [0.717, 1.165) is 17.5 Å². The topological polar surface area (TPSA) is 55.1 Å². The molecule has 1 rings (SSSR count). The molecule has 0 saturated carbocycles. The SMILES string of the molecule is CC(CCN)CNC(=O)c1ccccc1C(C)(C)C. The molecule has 0 bridgehead atoms. The Balaban J connectivity index is 2.78. The van der Waals surface area contributed by atoms with E-state index in [1.165, 1.54) is 0 Å². The first-order chi connectivity index (χ1) is 8.86. The van der Waals surface area contributed by atoms with Crippen LogP contribution in [0.2, 0.25) is 0 Å². The Labute approximate surface area is 116 Å². The molecule has 1 aromatic carbocycles. The van der Waals surface area contributed by atoms with Gasteiger partial charge in [-0.15, -0.1) is 0 Å². The molecule has 106 valence electrons. The van der Waals surface area contributed by atoms with Crippen molar-refractivity contribution in [2.75, 3.05) is 13.1 Å². The van der Waals surface area contributed by atoms with Gasteiger partial charge >= 0.3 is 0 Å². The minimum atomic E-state index is -0.0309. The van der Waals surface area contributed by atoms with Gasteiger partial charge in [-0.05, 0) is 35.9 Å². The van der Waals surface area contributed by atoms with Crippen molar-refractivity contribution in [1.82, 2.24) is 5.32 Å². The second-order valence-corrected chi connectivity index (χ2v) is 6.19. The standard InChI is InChI=1S/C16H26N2O/c1-12(9-10-17)11-18-15(19)13-7-5-6-8-14(13)16(2,3)4/h5-8,12H,9-11,17H2,1-4H3,(H,18,19). The molecule has 0 aromatic heterocycles. The fraction of sp³-hybridized carbons (Fsp3) is 0.562. The summed E-state index contributed by atoms with van der Waals surface area (Å²) in [6.45, 7) is 9.80. The van der Waals surface area contributed by atoms with Gasteiger partial charge in [0.2, 0.25) is 0 Å². The van der Waals surface area contributed by atoms with Crippen molar-refractivity contribution >= 4 is 5.91 Å². The molecule has 0 spiro atoms. The summed E-state index contributed by atoms with van der Waals surface area (Å²) in [6, 6.07) is 7.81. The monoisotopic (exact) mass is 262 g/mol. The van der Waals surface area contributed by atoms with Gasteiger partial charge < -0.3 is 11.1 Å². The highest BCUT2D eigenvalue weighted by atomic mass is 16.1. The highest BCUT2D eigenvalue weighted by molar-refractivity contribution is 5.96. The first-order valence-electron chi connectivity index (χ1n) is 6.94. The quantitative estimate of drug-likeness (QED) is 0.857. The van der Waals surface area contributed by atoms with Crippen LogP contribution >= 0.6 is 0 Å². The Morgan fingerprint density at radius 2 is 1.95 bits per heavy atom. The number of amides is 1. The molecule has 3 heteroatoms. The van der Waals surface area contributed by atoms with Gasteiger partial charge in [0.1, 0.15) is 0 Å². The van der Waals surface area contributed by atoms with E-state index in [-0.39, 0.29) is 11.3 Å². The second-order valence-electron chi connectivity index (χ2n) is 6.19. The molecule has 3 nitrogen and oxygen atoms in total. The Hall–Kier alpha value is -1.35. The number of rotatable bonds is 5. The maximum Gasteiger partial charge on any atom is 0.251 e. The van der Waals surface area contributed by atoms with E-state index >= 15 is 0 Å². The van der Waals surface area contributed by atoms with E-state index in [0.29, 0.717) is 19.0 Å². The average molecular weight is 262 g/mol. The molecule has 0 aliphatic heterocycles. The van der Waals surface area contributed by atoms with E-state index in [9.17, 15) is 4.79 Å². The van der Waals surface area contributed by atoms with Crippen LogP contribution in [0.4, 0.5) is 0 Å². The third-order valence-corrected chi connectivity index (χ3v) is 3.25. The Morgan fingerprint density at radius 3 is 2.53 bits per heavy atom. The lowest BCUT2D eigenvalue weighted by Gasteiger charge is -2.22. The van der Waals surface area contributed by atoms with Crippen molar-refractivity contribution in [2.45, 2.75) is 39.5 Å². The van der Waals surface area contributed by atoms with E-state index in [1.54, 1.807) is 0 Å². The molecular weight excluding hydrogens is 236 g/mol. The zero-order valence-electron chi connectivity index (χ0n) is 12.5. The van der Waals surface area contributed by atoms with Gasteiger partial charge in [0.25, 0.3) is 5.91 Å². The van der Waals surface area contributed by atoms with Crippen LogP contribution in [-0.4, -0.2) is 19.0 Å². The number of benzene rings is 1. The van der Waals surface area contributed by atoms with Gasteiger partial charge in [-0.3, -0.25) is 4.79 Å². The van der Waals surface area contributed by atoms with Gasteiger partial charge in [-0.1, -0.05) is 45.9 Å². The first kappa shape index (κ1) is 15.7. The molecule has 1 amide bonds. The Bertz CT molecular complexity index is 421. The highest BCUT2D eigenvalue weighted by Crippen LogP contribution is 2.25. The Kier molecular flexibility index (Phi) is 5.55. The number of nitrogens with one attached hydrogen (secondary N) is 1. The van der Waals surface area contributed by atoms with Crippen molar-refractivity contribution in [1.29, 1.82) is 0 Å². The maximum absolute atomic E-state index is 12.3. The normalized spacial score (nSPS) is 13.1. The zero-order valence-corrected chi connectivity index (χ0v) is 12.5. The van der Waals surface area contributed by atoms with Crippen molar-refractivity contribution in [3.63, 3.8) is 0 Å². The molecule has 0 saturated heterocycles. The summed E-state index contributed by atoms with van der Waals surface area (Å²) in [5.74, 6) is 0.421. The number of carbonyl (C=O) groups is 1. The summed E-state index contributed by atoms with van der Waals surface area (Å²) >= 11 is 0. The Morgan fingerprint density at radius 1 is 1.32 bits per heavy atom. The van der Waals surface area contributed by atoms with Crippen molar-refractivity contribution < 1.29 is 4.79 Å². The average Bonchev–Trinajstić information content (AvgIpc) is 2.35. The van der Waals surface area contributed by atoms with E-state index < -0.39 is 0 Å². The summed E-state index contributed by atoms with van der Waals surface area (Å²) in [5, 5.41) is 3.00. The molecule has 0 aliphatic rings. The smallest absolute Gasteiger partial charge is 0.251 e. The maximum atomic E-state index is 12.3. The predicted molar refractivity (Wildman–Crippen MR) is 80.3 cm³/mol. The molecule has 1 unspecified atom stereocenters. The number of carbonyl (C=O) groups excluding carboxylic acids is 1. The van der Waals surface area contributed by atoms with Crippen LogP contribution in [0.1, 0.15) is 50.0 Å². The number of nitrogens with two attached hydrogens (primary N) is 1. The lowest BCUT2D eigenvalue weighted by atomic mass is 9.83. The van der Waals surface area contributed by atoms with E-state index in [1.807, 2.05) is 24.3 Å². The van der Waals surface area contributed by atoms with Crippen LogP contribution in [0.15, 0.2) is 24.3 Å². The first-order valence-corrected chi connectivity index (χ1v) is 6.94. The summed E-state index contributed by atoms with van der Waals surface area (Å²) in [5.41, 5.74) is 7.34. The van der Waals surface area contributed by atoms with Crippen molar-refractivity contribution in [3.8, 4) is 0 Å².